The number of ether oxygens (including phenoxy) is 1. The summed E-state index contributed by atoms with van der Waals surface area (Å²) in [7, 11) is 1.62. The number of anilines is 2. The van der Waals surface area contributed by atoms with Crippen LogP contribution in [-0.4, -0.2) is 24.7 Å². The second kappa shape index (κ2) is 10.1. The molecule has 170 valence electrons. The summed E-state index contributed by atoms with van der Waals surface area (Å²) in [5.74, 6) is 1.59. The molecule has 0 aromatic heterocycles. The number of hydrogen-bond acceptors (Lipinski definition) is 4. The minimum absolute atomic E-state index is 0.0779. The topological polar surface area (TPSA) is 58.6 Å². The SMILES string of the molecule is COc1ccc(CC(=O)Nc2ccc([C@H]3SCC(=O)N3c3ccccc3C(C)C)cc2)cc1. The highest BCUT2D eigenvalue weighted by atomic mass is 32.2. The number of nitrogens with zero attached hydrogens (tertiary/aromatic N) is 1. The normalized spacial score (nSPS) is 15.7. The van der Waals surface area contributed by atoms with Crippen LogP contribution >= 0.6 is 11.8 Å². The van der Waals surface area contributed by atoms with Crippen molar-refractivity contribution in [2.45, 2.75) is 31.6 Å². The van der Waals surface area contributed by atoms with Crippen molar-refractivity contribution in [2.75, 3.05) is 23.1 Å². The quantitative estimate of drug-likeness (QED) is 0.486. The molecule has 0 aliphatic carbocycles. The van der Waals surface area contributed by atoms with Gasteiger partial charge < -0.3 is 10.1 Å². The molecule has 0 bridgehead atoms. The fraction of sp³-hybridized carbons (Fsp3) is 0.259. The molecule has 1 aliphatic rings. The van der Waals surface area contributed by atoms with Gasteiger partial charge in [-0.15, -0.1) is 11.8 Å². The maximum atomic E-state index is 12.8. The molecular formula is C27H28N2O3S. The number of methoxy groups -OCH3 is 1. The predicted octanol–water partition coefficient (Wildman–Crippen LogP) is 5.78. The first-order chi connectivity index (χ1) is 16.0. The molecule has 3 aromatic rings. The van der Waals surface area contributed by atoms with Gasteiger partial charge in [-0.05, 0) is 52.9 Å². The molecule has 5 nitrogen and oxygen atoms in total. The number of nitrogens with one attached hydrogen (secondary N) is 1. The maximum absolute atomic E-state index is 12.8. The van der Waals surface area contributed by atoms with Crippen molar-refractivity contribution >= 4 is 35.0 Å². The molecule has 4 rings (SSSR count). The molecule has 1 N–H and O–H groups in total. The Morgan fingerprint density at radius 1 is 1.06 bits per heavy atom. The Morgan fingerprint density at radius 3 is 2.42 bits per heavy atom. The summed E-state index contributed by atoms with van der Waals surface area (Å²) in [5, 5.41) is 2.87. The van der Waals surface area contributed by atoms with Crippen LogP contribution in [0.5, 0.6) is 5.75 Å². The molecule has 3 aromatic carbocycles. The van der Waals surface area contributed by atoms with Crippen LogP contribution in [0, 0.1) is 0 Å². The zero-order valence-corrected chi connectivity index (χ0v) is 19.9. The summed E-state index contributed by atoms with van der Waals surface area (Å²) in [4.78, 5) is 27.2. The van der Waals surface area contributed by atoms with Crippen molar-refractivity contribution in [3.05, 3.63) is 89.5 Å². The second-order valence-corrected chi connectivity index (χ2v) is 9.40. The van der Waals surface area contributed by atoms with Gasteiger partial charge in [0.25, 0.3) is 0 Å². The first kappa shape index (κ1) is 22.9. The maximum Gasteiger partial charge on any atom is 0.238 e. The molecule has 1 fully saturated rings. The molecule has 1 saturated heterocycles. The van der Waals surface area contributed by atoms with E-state index < -0.39 is 0 Å². The molecular weight excluding hydrogens is 432 g/mol. The van der Waals surface area contributed by atoms with Gasteiger partial charge in [-0.2, -0.15) is 0 Å². The highest BCUT2D eigenvalue weighted by Crippen LogP contribution is 2.44. The number of rotatable bonds is 7. The van der Waals surface area contributed by atoms with Crippen LogP contribution in [0.25, 0.3) is 0 Å². The molecule has 0 unspecified atom stereocenters. The summed E-state index contributed by atoms with van der Waals surface area (Å²) < 4.78 is 5.16. The minimum atomic E-state index is -0.0820. The van der Waals surface area contributed by atoms with Crippen molar-refractivity contribution in [1.29, 1.82) is 0 Å². The predicted molar refractivity (Wildman–Crippen MR) is 135 cm³/mol. The average molecular weight is 461 g/mol. The van der Waals surface area contributed by atoms with Gasteiger partial charge in [0.05, 0.1) is 19.3 Å². The smallest absolute Gasteiger partial charge is 0.238 e. The van der Waals surface area contributed by atoms with Crippen LogP contribution in [-0.2, 0) is 16.0 Å². The summed E-state index contributed by atoms with van der Waals surface area (Å²) in [5.41, 5.74) is 4.84. The summed E-state index contributed by atoms with van der Waals surface area (Å²) in [6.07, 6.45) is 0.290. The Kier molecular flexibility index (Phi) is 7.04. The lowest BCUT2D eigenvalue weighted by Gasteiger charge is -2.27. The van der Waals surface area contributed by atoms with E-state index in [2.05, 4.69) is 25.2 Å². The van der Waals surface area contributed by atoms with Gasteiger partial charge in [0.1, 0.15) is 11.1 Å². The van der Waals surface area contributed by atoms with E-state index in [-0.39, 0.29) is 17.2 Å². The third kappa shape index (κ3) is 5.22. The number of amides is 2. The van der Waals surface area contributed by atoms with Gasteiger partial charge >= 0.3 is 0 Å². The van der Waals surface area contributed by atoms with Crippen molar-refractivity contribution in [1.82, 2.24) is 0 Å². The monoisotopic (exact) mass is 460 g/mol. The molecule has 0 saturated carbocycles. The number of benzene rings is 3. The zero-order chi connectivity index (χ0) is 23.4. The summed E-state index contributed by atoms with van der Waals surface area (Å²) >= 11 is 1.63. The Bertz CT molecular complexity index is 1130. The van der Waals surface area contributed by atoms with E-state index in [1.54, 1.807) is 18.9 Å². The van der Waals surface area contributed by atoms with Crippen LogP contribution in [0.1, 0.15) is 41.8 Å². The summed E-state index contributed by atoms with van der Waals surface area (Å²) in [6, 6.07) is 23.4. The van der Waals surface area contributed by atoms with Crippen LogP contribution in [0.2, 0.25) is 0 Å². The molecule has 6 heteroatoms. The van der Waals surface area contributed by atoms with E-state index in [0.29, 0.717) is 18.1 Å². The number of carbonyl (C=O) groups excluding carboxylic acids is 2. The van der Waals surface area contributed by atoms with E-state index in [9.17, 15) is 9.59 Å². The Labute approximate surface area is 199 Å². The molecule has 0 spiro atoms. The van der Waals surface area contributed by atoms with Crippen molar-refractivity contribution in [3.8, 4) is 5.75 Å². The molecule has 2 amide bonds. The van der Waals surface area contributed by atoms with E-state index in [0.717, 1.165) is 28.3 Å². The number of carbonyl (C=O) groups is 2. The van der Waals surface area contributed by atoms with Gasteiger partial charge in [0, 0.05) is 11.4 Å². The van der Waals surface area contributed by atoms with Crippen molar-refractivity contribution in [2.24, 2.45) is 0 Å². The number of thioether (sulfide) groups is 1. The van der Waals surface area contributed by atoms with E-state index in [4.69, 9.17) is 4.74 Å². The van der Waals surface area contributed by atoms with Gasteiger partial charge in [0.2, 0.25) is 11.8 Å². The molecule has 1 atom stereocenters. The fourth-order valence-corrected chi connectivity index (χ4v) is 5.16. The highest BCUT2D eigenvalue weighted by molar-refractivity contribution is 8.00. The summed E-state index contributed by atoms with van der Waals surface area (Å²) in [6.45, 7) is 4.29. The highest BCUT2D eigenvalue weighted by Gasteiger charge is 2.35. The van der Waals surface area contributed by atoms with Crippen molar-refractivity contribution in [3.63, 3.8) is 0 Å². The molecule has 33 heavy (non-hydrogen) atoms. The molecule has 1 aliphatic heterocycles. The zero-order valence-electron chi connectivity index (χ0n) is 19.1. The van der Waals surface area contributed by atoms with Crippen molar-refractivity contribution < 1.29 is 14.3 Å². The third-order valence-electron chi connectivity index (χ3n) is 5.69. The van der Waals surface area contributed by atoms with Crippen LogP contribution in [0.4, 0.5) is 11.4 Å². The number of para-hydroxylation sites is 1. The van der Waals surface area contributed by atoms with E-state index in [1.165, 1.54) is 5.56 Å². The van der Waals surface area contributed by atoms with Gasteiger partial charge in [-0.25, -0.2) is 0 Å². The van der Waals surface area contributed by atoms with Crippen LogP contribution in [0.3, 0.4) is 0 Å². The fourth-order valence-electron chi connectivity index (χ4n) is 3.99. The van der Waals surface area contributed by atoms with Gasteiger partial charge in [-0.1, -0.05) is 56.3 Å². The lowest BCUT2D eigenvalue weighted by atomic mass is 10.00. The first-order valence-corrected chi connectivity index (χ1v) is 12.1. The minimum Gasteiger partial charge on any atom is -0.497 e. The number of hydrogen-bond donors (Lipinski definition) is 1. The van der Waals surface area contributed by atoms with Crippen LogP contribution in [0.15, 0.2) is 72.8 Å². The van der Waals surface area contributed by atoms with E-state index >= 15 is 0 Å². The Hall–Kier alpha value is -3.25. The molecule has 1 heterocycles. The lowest BCUT2D eigenvalue weighted by Crippen LogP contribution is -2.29. The standard InChI is InChI=1S/C27H28N2O3S/c1-18(2)23-6-4-5-7-24(23)29-26(31)17-33-27(29)20-10-12-21(13-11-20)28-25(30)16-19-8-14-22(32-3)15-9-19/h4-15,18,27H,16-17H2,1-3H3,(H,28,30)/t27-/m1/s1. The largest absolute Gasteiger partial charge is 0.497 e. The van der Waals surface area contributed by atoms with Gasteiger partial charge in [0.15, 0.2) is 0 Å². The Balaban J connectivity index is 1.47. The second-order valence-electron chi connectivity index (χ2n) is 8.34. The van der Waals surface area contributed by atoms with E-state index in [1.807, 2.05) is 71.6 Å². The first-order valence-electron chi connectivity index (χ1n) is 11.0. The van der Waals surface area contributed by atoms with Gasteiger partial charge in [-0.3, -0.25) is 14.5 Å². The molecule has 0 radical (unpaired) electrons. The Morgan fingerprint density at radius 2 is 1.76 bits per heavy atom. The van der Waals surface area contributed by atoms with Crippen LogP contribution < -0.4 is 15.0 Å². The third-order valence-corrected chi connectivity index (χ3v) is 6.90. The lowest BCUT2D eigenvalue weighted by molar-refractivity contribution is -0.116. The average Bonchev–Trinajstić information content (AvgIpc) is 3.21.